The summed E-state index contributed by atoms with van der Waals surface area (Å²) < 4.78 is 5.13. The van der Waals surface area contributed by atoms with Crippen LogP contribution in [0.3, 0.4) is 0 Å². The van der Waals surface area contributed by atoms with Crippen molar-refractivity contribution < 1.29 is 4.74 Å². The van der Waals surface area contributed by atoms with E-state index < -0.39 is 0 Å². The molecule has 3 heteroatoms. The van der Waals surface area contributed by atoms with Gasteiger partial charge < -0.3 is 10.5 Å². The molecule has 2 N–H and O–H groups in total. The summed E-state index contributed by atoms with van der Waals surface area (Å²) in [7, 11) is 0. The van der Waals surface area contributed by atoms with Crippen LogP contribution in [-0.2, 0) is 4.74 Å². The Labute approximate surface area is 62.2 Å². The lowest BCUT2D eigenvalue weighted by Crippen LogP contribution is -2.41. The van der Waals surface area contributed by atoms with Crippen molar-refractivity contribution in [3.05, 3.63) is 0 Å². The topological polar surface area (TPSA) is 35.2 Å². The van der Waals surface area contributed by atoms with E-state index in [0.29, 0.717) is 0 Å². The smallest absolute Gasteiger partial charge is 0.0483 e. The molecule has 1 saturated heterocycles. The number of hydrogen-bond acceptors (Lipinski definition) is 2. The standard InChI is InChI=1S/C6H13NO.ClH/c1-6(7)2-4-8-5-3-6;/h2-5,7H2,1H3;1H. The molecule has 1 aliphatic heterocycles. The predicted molar refractivity (Wildman–Crippen MR) is 39.9 cm³/mol. The van der Waals surface area contributed by atoms with Gasteiger partial charge in [-0.25, -0.2) is 0 Å². The van der Waals surface area contributed by atoms with Gasteiger partial charge in [-0.3, -0.25) is 0 Å². The number of hydrogen-bond donors (Lipinski definition) is 1. The molecule has 56 valence electrons. The summed E-state index contributed by atoms with van der Waals surface area (Å²) in [5.74, 6) is 0. The number of ether oxygens (including phenoxy) is 1. The first-order valence-corrected chi connectivity index (χ1v) is 3.07. The monoisotopic (exact) mass is 151 g/mol. The summed E-state index contributed by atoms with van der Waals surface area (Å²) >= 11 is 0. The van der Waals surface area contributed by atoms with E-state index in [2.05, 4.69) is 6.92 Å². The van der Waals surface area contributed by atoms with E-state index in [4.69, 9.17) is 10.5 Å². The third-order valence-corrected chi connectivity index (χ3v) is 1.64. The Morgan fingerprint density at radius 1 is 1.33 bits per heavy atom. The molecule has 0 aromatic carbocycles. The van der Waals surface area contributed by atoms with Gasteiger partial charge in [0.25, 0.3) is 0 Å². The Balaban J connectivity index is 0.000000640. The van der Waals surface area contributed by atoms with Gasteiger partial charge in [0.05, 0.1) is 0 Å². The minimum absolute atomic E-state index is 0. The maximum Gasteiger partial charge on any atom is 0.0483 e. The molecule has 1 heterocycles. The summed E-state index contributed by atoms with van der Waals surface area (Å²) in [6.07, 6.45) is 2.01. The fraction of sp³-hybridized carbons (Fsp3) is 1.00. The quantitative estimate of drug-likeness (QED) is 0.559. The Morgan fingerprint density at radius 2 is 1.78 bits per heavy atom. The van der Waals surface area contributed by atoms with Crippen LogP contribution < -0.4 is 5.73 Å². The van der Waals surface area contributed by atoms with Crippen molar-refractivity contribution in [2.75, 3.05) is 13.2 Å². The van der Waals surface area contributed by atoms with Crippen LogP contribution in [-0.4, -0.2) is 18.8 Å². The molecule has 0 aromatic rings. The van der Waals surface area contributed by atoms with Gasteiger partial charge in [0, 0.05) is 18.8 Å². The number of nitrogens with two attached hydrogens (primary N) is 1. The Kier molecular flexibility index (Phi) is 3.48. The highest BCUT2D eigenvalue weighted by Crippen LogP contribution is 2.15. The molecular weight excluding hydrogens is 138 g/mol. The molecule has 1 rings (SSSR count). The fourth-order valence-electron chi connectivity index (χ4n) is 0.838. The zero-order chi connectivity index (χ0) is 6.04. The molecule has 1 aliphatic rings. The lowest BCUT2D eigenvalue weighted by Gasteiger charge is -2.28. The normalized spacial score (nSPS) is 24.7. The first-order chi connectivity index (χ1) is 3.71. The van der Waals surface area contributed by atoms with E-state index in [1.165, 1.54) is 0 Å². The van der Waals surface area contributed by atoms with Gasteiger partial charge in [0.2, 0.25) is 0 Å². The maximum absolute atomic E-state index is 5.80. The first kappa shape index (κ1) is 9.21. The molecule has 0 saturated carbocycles. The van der Waals surface area contributed by atoms with Gasteiger partial charge in [-0.05, 0) is 19.8 Å². The third-order valence-electron chi connectivity index (χ3n) is 1.64. The Morgan fingerprint density at radius 3 is 2.00 bits per heavy atom. The van der Waals surface area contributed by atoms with Gasteiger partial charge in [0.15, 0.2) is 0 Å². The van der Waals surface area contributed by atoms with Crippen LogP contribution in [0.15, 0.2) is 0 Å². The number of halogens is 1. The van der Waals surface area contributed by atoms with Gasteiger partial charge in [-0.2, -0.15) is 0 Å². The molecule has 9 heavy (non-hydrogen) atoms. The van der Waals surface area contributed by atoms with E-state index in [1.807, 2.05) is 0 Å². The molecule has 0 spiro atoms. The van der Waals surface area contributed by atoms with Crippen LogP contribution >= 0.6 is 12.4 Å². The van der Waals surface area contributed by atoms with Crippen LogP contribution in [0, 0.1) is 0 Å². The van der Waals surface area contributed by atoms with Crippen molar-refractivity contribution in [2.24, 2.45) is 5.73 Å². The fourth-order valence-corrected chi connectivity index (χ4v) is 0.838. The largest absolute Gasteiger partial charge is 0.381 e. The van der Waals surface area contributed by atoms with Crippen LogP contribution in [0.25, 0.3) is 0 Å². The van der Waals surface area contributed by atoms with Crippen LogP contribution in [0.1, 0.15) is 19.8 Å². The molecule has 2 nitrogen and oxygen atoms in total. The van der Waals surface area contributed by atoms with Gasteiger partial charge in [-0.15, -0.1) is 12.4 Å². The minimum Gasteiger partial charge on any atom is -0.381 e. The highest BCUT2D eigenvalue weighted by Gasteiger charge is 2.21. The van der Waals surface area contributed by atoms with E-state index in [0.717, 1.165) is 26.1 Å². The van der Waals surface area contributed by atoms with Crippen molar-refractivity contribution in [1.82, 2.24) is 0 Å². The summed E-state index contributed by atoms with van der Waals surface area (Å²) in [5.41, 5.74) is 5.85. The molecule has 0 radical (unpaired) electrons. The lowest BCUT2D eigenvalue weighted by atomic mass is 9.94. The van der Waals surface area contributed by atoms with E-state index in [1.54, 1.807) is 0 Å². The summed E-state index contributed by atoms with van der Waals surface area (Å²) in [5, 5.41) is 0. The Bertz CT molecular complexity index is 77.1. The second-order valence-corrected chi connectivity index (χ2v) is 2.77. The average Bonchev–Trinajstić information content (AvgIpc) is 1.65. The molecule has 0 bridgehead atoms. The summed E-state index contributed by atoms with van der Waals surface area (Å²) in [4.78, 5) is 0. The molecular formula is C6H14ClNO. The molecule has 0 atom stereocenters. The molecule has 0 aliphatic carbocycles. The molecule has 1 fully saturated rings. The summed E-state index contributed by atoms with van der Waals surface area (Å²) in [6, 6.07) is 0. The van der Waals surface area contributed by atoms with E-state index in [9.17, 15) is 0 Å². The van der Waals surface area contributed by atoms with Crippen molar-refractivity contribution in [1.29, 1.82) is 0 Å². The highest BCUT2D eigenvalue weighted by atomic mass is 35.5. The van der Waals surface area contributed by atoms with Crippen LogP contribution in [0.2, 0.25) is 0 Å². The zero-order valence-electron chi connectivity index (χ0n) is 5.72. The van der Waals surface area contributed by atoms with Crippen molar-refractivity contribution in [3.8, 4) is 0 Å². The first-order valence-electron chi connectivity index (χ1n) is 3.07. The summed E-state index contributed by atoms with van der Waals surface area (Å²) in [6.45, 7) is 3.76. The van der Waals surface area contributed by atoms with E-state index in [-0.39, 0.29) is 17.9 Å². The molecule has 0 unspecified atom stereocenters. The van der Waals surface area contributed by atoms with Gasteiger partial charge in [-0.1, -0.05) is 0 Å². The van der Waals surface area contributed by atoms with Crippen molar-refractivity contribution in [2.45, 2.75) is 25.3 Å². The molecule has 0 aromatic heterocycles. The highest BCUT2D eigenvalue weighted by molar-refractivity contribution is 5.85. The second kappa shape index (κ2) is 3.40. The predicted octanol–water partition coefficient (Wildman–Crippen LogP) is 0.936. The SMILES string of the molecule is CC1(N)CCOCC1.Cl. The molecule has 0 amide bonds. The van der Waals surface area contributed by atoms with Gasteiger partial charge in [0.1, 0.15) is 0 Å². The lowest BCUT2D eigenvalue weighted by molar-refractivity contribution is 0.0594. The van der Waals surface area contributed by atoms with Crippen LogP contribution in [0.5, 0.6) is 0 Å². The minimum atomic E-state index is 0. The third kappa shape index (κ3) is 3.04. The number of rotatable bonds is 0. The average molecular weight is 152 g/mol. The Hall–Kier alpha value is 0.210. The van der Waals surface area contributed by atoms with Crippen LogP contribution in [0.4, 0.5) is 0 Å². The zero-order valence-corrected chi connectivity index (χ0v) is 6.54. The maximum atomic E-state index is 5.80. The second-order valence-electron chi connectivity index (χ2n) is 2.77. The van der Waals surface area contributed by atoms with E-state index >= 15 is 0 Å². The van der Waals surface area contributed by atoms with Crippen molar-refractivity contribution >= 4 is 12.4 Å². The van der Waals surface area contributed by atoms with Gasteiger partial charge >= 0.3 is 0 Å². The van der Waals surface area contributed by atoms with Crippen molar-refractivity contribution in [3.63, 3.8) is 0 Å².